The number of nitrogens with zero attached hydrogens (tertiary/aromatic N) is 4. The fourth-order valence-corrected chi connectivity index (χ4v) is 10.9. The Morgan fingerprint density at radius 1 is 0.320 bits per heavy atom. The van der Waals surface area contributed by atoms with Gasteiger partial charge in [-0.15, -0.1) is 0 Å². The van der Waals surface area contributed by atoms with Crippen molar-refractivity contribution in [1.29, 1.82) is 0 Å². The Morgan fingerprint density at radius 3 is 0.720 bits per heavy atom. The van der Waals surface area contributed by atoms with Crippen molar-refractivity contribution in [3.63, 3.8) is 0 Å². The van der Waals surface area contributed by atoms with Crippen molar-refractivity contribution in [3.8, 4) is 0 Å². The van der Waals surface area contributed by atoms with E-state index in [4.69, 9.17) is 0 Å². The predicted molar refractivity (Wildman–Crippen MR) is 217 cm³/mol. The summed E-state index contributed by atoms with van der Waals surface area (Å²) in [5.74, 6) is 0. The van der Waals surface area contributed by atoms with Crippen molar-refractivity contribution in [2.75, 3.05) is 0 Å². The maximum atomic E-state index is 4.10. The van der Waals surface area contributed by atoms with Crippen LogP contribution in [0.5, 0.6) is 0 Å². The van der Waals surface area contributed by atoms with E-state index in [0.717, 1.165) is 0 Å². The standard InChI is InChI=1S/2C18H15P.C6H8BN4.Ag/c2*1-4-10-16(11-5-1)19(17-12-6-2-7-13-17)18-14-8-3-9-15-18;1-3-8-10(5-1)7-11-6-2-4-9-11;/h2*1-15H;1-6H,7H2;/q;;-1;+1/p+2. The zero-order chi connectivity index (χ0) is 33.4. The van der Waals surface area contributed by atoms with Gasteiger partial charge in [0, 0.05) is 12.4 Å². The summed E-state index contributed by atoms with van der Waals surface area (Å²) >= 11 is 0. The van der Waals surface area contributed by atoms with Gasteiger partial charge < -0.3 is 9.19 Å². The molecule has 8 aromatic rings. The largest absolute Gasteiger partial charge is 1.00 e. The molecule has 0 atom stereocenters. The molecule has 2 heterocycles. The van der Waals surface area contributed by atoms with Crippen LogP contribution in [0.2, 0.25) is 0 Å². The van der Waals surface area contributed by atoms with Gasteiger partial charge in [-0.25, -0.2) is 10.2 Å². The van der Waals surface area contributed by atoms with Crippen LogP contribution in [0.25, 0.3) is 0 Å². The molecule has 8 rings (SSSR count). The molecule has 0 saturated carbocycles. The zero-order valence-electron chi connectivity index (χ0n) is 27.9. The van der Waals surface area contributed by atoms with Gasteiger partial charge in [-0.05, 0) is 97.3 Å². The van der Waals surface area contributed by atoms with E-state index < -0.39 is 23.4 Å². The third-order valence-corrected chi connectivity index (χ3v) is 13.5. The van der Waals surface area contributed by atoms with Gasteiger partial charge in [0.1, 0.15) is 31.8 Å². The third-order valence-electron chi connectivity index (χ3n) is 8.06. The Hall–Kier alpha value is -4.59. The molecule has 8 heteroatoms. The van der Waals surface area contributed by atoms with Crippen molar-refractivity contribution in [2.24, 2.45) is 0 Å². The van der Waals surface area contributed by atoms with Crippen LogP contribution in [0.3, 0.4) is 0 Å². The molecule has 0 N–H and O–H groups in total. The van der Waals surface area contributed by atoms with E-state index in [1.807, 2.05) is 33.7 Å². The number of hydrogen-bond donors (Lipinski definition) is 0. The molecule has 0 aliphatic carbocycles. The molecule has 0 spiro atoms. The van der Waals surface area contributed by atoms with E-state index in [1.54, 1.807) is 12.4 Å². The molecule has 0 aliphatic heterocycles. The molecular formula is C42H40AgBN4P2+2. The molecule has 0 aliphatic rings. The first-order valence-corrected chi connectivity index (χ1v) is 19.6. The van der Waals surface area contributed by atoms with Gasteiger partial charge in [0.25, 0.3) is 0 Å². The summed E-state index contributed by atoms with van der Waals surface area (Å²) in [4.78, 5) is 0. The van der Waals surface area contributed by atoms with E-state index >= 15 is 0 Å². The molecule has 250 valence electrons. The third kappa shape index (κ3) is 10.7. The second-order valence-corrected chi connectivity index (χ2v) is 16.5. The normalized spacial score (nSPS) is 10.3. The molecule has 0 amide bonds. The minimum absolute atomic E-state index is 0. The molecule has 0 radical (unpaired) electrons. The van der Waals surface area contributed by atoms with Gasteiger partial charge in [-0.1, -0.05) is 109 Å². The molecule has 0 unspecified atom stereocenters. The number of aromatic nitrogens is 4. The summed E-state index contributed by atoms with van der Waals surface area (Å²) in [5.41, 5.74) is 0. The summed E-state index contributed by atoms with van der Waals surface area (Å²) in [7, 11) is -2.17. The van der Waals surface area contributed by atoms with Crippen LogP contribution in [0.4, 0.5) is 0 Å². The van der Waals surface area contributed by atoms with Crippen molar-refractivity contribution < 1.29 is 22.4 Å². The van der Waals surface area contributed by atoms with Crippen LogP contribution in [0.1, 0.15) is 0 Å². The first kappa shape index (κ1) is 36.7. The SMILES string of the molecule is [Ag+].[BH2-](n1cccn1)n1cccn1.c1ccc([PH+](c2ccccc2)c2ccccc2)cc1.c1ccc([PH+](c2ccccc2)c2ccccc2)cc1. The molecular weight excluding hydrogens is 741 g/mol. The number of benzene rings is 6. The summed E-state index contributed by atoms with van der Waals surface area (Å²) in [5, 5.41) is 16.8. The minimum atomic E-state index is -0.877. The fourth-order valence-electron chi connectivity index (χ4n) is 5.77. The first-order chi connectivity index (χ1) is 24.3. The van der Waals surface area contributed by atoms with Crippen molar-refractivity contribution in [1.82, 2.24) is 19.4 Å². The zero-order valence-corrected chi connectivity index (χ0v) is 31.4. The smallest absolute Gasteiger partial charge is 0.429 e. The average molecular weight is 781 g/mol. The van der Waals surface area contributed by atoms with E-state index in [-0.39, 0.29) is 22.4 Å². The van der Waals surface area contributed by atoms with Crippen LogP contribution in [0.15, 0.2) is 219 Å². The Labute approximate surface area is 314 Å². The van der Waals surface area contributed by atoms with E-state index in [2.05, 4.69) is 192 Å². The van der Waals surface area contributed by atoms with Gasteiger partial charge in [0.2, 0.25) is 0 Å². The molecule has 0 fully saturated rings. The Morgan fingerprint density at radius 2 is 0.540 bits per heavy atom. The fraction of sp³-hybridized carbons (Fsp3) is 0. The molecule has 50 heavy (non-hydrogen) atoms. The maximum Gasteiger partial charge on any atom is 1.00 e. The monoisotopic (exact) mass is 780 g/mol. The van der Waals surface area contributed by atoms with Gasteiger partial charge in [0.15, 0.2) is 7.55 Å². The van der Waals surface area contributed by atoms with E-state index in [1.165, 1.54) is 31.8 Å². The topological polar surface area (TPSA) is 35.6 Å². The summed E-state index contributed by atoms with van der Waals surface area (Å²) in [6.45, 7) is 0. The van der Waals surface area contributed by atoms with Crippen LogP contribution in [-0.2, 0) is 22.4 Å². The Balaban J connectivity index is 0.000000150. The van der Waals surface area contributed by atoms with Gasteiger partial charge in [0.05, 0.1) is 15.8 Å². The van der Waals surface area contributed by atoms with Gasteiger partial charge >= 0.3 is 22.4 Å². The second-order valence-electron chi connectivity index (χ2n) is 11.5. The van der Waals surface area contributed by atoms with Crippen molar-refractivity contribution in [3.05, 3.63) is 219 Å². The second kappa shape index (κ2) is 20.2. The van der Waals surface area contributed by atoms with E-state index in [0.29, 0.717) is 0 Å². The van der Waals surface area contributed by atoms with E-state index in [9.17, 15) is 0 Å². The van der Waals surface area contributed by atoms with Crippen molar-refractivity contribution in [2.45, 2.75) is 0 Å². The average Bonchev–Trinajstić information content (AvgIpc) is 3.91. The quantitative estimate of drug-likeness (QED) is 0.144. The number of rotatable bonds is 8. The van der Waals surface area contributed by atoms with Crippen LogP contribution >= 0.6 is 15.8 Å². The molecule has 2 aromatic heterocycles. The minimum Gasteiger partial charge on any atom is -0.429 e. The molecule has 6 aromatic carbocycles. The Kier molecular flexibility index (Phi) is 14.8. The van der Waals surface area contributed by atoms with Crippen molar-refractivity contribution >= 4 is 55.2 Å². The maximum absolute atomic E-state index is 4.10. The first-order valence-electron chi connectivity index (χ1n) is 16.6. The molecule has 0 bridgehead atoms. The molecule has 4 nitrogen and oxygen atoms in total. The van der Waals surface area contributed by atoms with Gasteiger partial charge in [-0.2, -0.15) is 0 Å². The summed E-state index contributed by atoms with van der Waals surface area (Å²) in [6.07, 6.45) is 7.49. The molecule has 0 saturated heterocycles. The summed E-state index contributed by atoms with van der Waals surface area (Å²) in [6, 6.07) is 68.8. The van der Waals surface area contributed by atoms with Crippen LogP contribution < -0.4 is 31.8 Å². The Bertz CT molecular complexity index is 1680. The predicted octanol–water partition coefficient (Wildman–Crippen LogP) is 5.83. The van der Waals surface area contributed by atoms with Crippen LogP contribution in [0, 0.1) is 0 Å². The van der Waals surface area contributed by atoms with Gasteiger partial charge in [-0.3, -0.25) is 0 Å². The number of hydrogen-bond acceptors (Lipinski definition) is 2. The summed E-state index contributed by atoms with van der Waals surface area (Å²) < 4.78 is 3.88. The van der Waals surface area contributed by atoms with Crippen LogP contribution in [-0.4, -0.2) is 26.9 Å².